The van der Waals surface area contributed by atoms with Gasteiger partial charge in [0.15, 0.2) is 24.8 Å². The molecule has 0 spiro atoms. The minimum Gasteiger partial charge on any atom is -0.201 e. The first-order chi connectivity index (χ1) is 52.1. The molecule has 0 aliphatic heterocycles. The molecule has 9 aromatic carbocycles. The predicted octanol–water partition coefficient (Wildman–Crippen LogP) is 21.4. The molecule has 96 heavy (non-hydrogen) atoms. The van der Waals surface area contributed by atoms with Gasteiger partial charge in [0.1, 0.15) is 28.2 Å². The molecule has 480 valence electrons. The van der Waals surface area contributed by atoms with Gasteiger partial charge in [-0.15, -0.1) is 0 Å². The van der Waals surface area contributed by atoms with Gasteiger partial charge in [-0.2, -0.15) is 0 Å². The molecule has 4 heterocycles. The summed E-state index contributed by atoms with van der Waals surface area (Å²) in [5, 5.41) is 0. The van der Waals surface area contributed by atoms with Crippen LogP contribution in [-0.4, -0.2) is 0 Å². The summed E-state index contributed by atoms with van der Waals surface area (Å²) in [6.07, 6.45) is 6.87. The first-order valence-corrected chi connectivity index (χ1v) is 32.4. The number of nitrogens with zero attached hydrogens (tertiary/aromatic N) is 4. The van der Waals surface area contributed by atoms with Gasteiger partial charge in [-0.05, 0) is 227 Å². The van der Waals surface area contributed by atoms with Crippen LogP contribution in [0.25, 0.3) is 101 Å². The van der Waals surface area contributed by atoms with Crippen LogP contribution in [0.2, 0.25) is 0 Å². The minimum atomic E-state index is -2.34. The summed E-state index contributed by atoms with van der Waals surface area (Å²) in [7, 11) is 7.53. The van der Waals surface area contributed by atoms with E-state index in [0.717, 1.165) is 128 Å². The molecule has 0 amide bonds. The van der Waals surface area contributed by atoms with Crippen LogP contribution in [0.3, 0.4) is 0 Å². The highest BCUT2D eigenvalue weighted by molar-refractivity contribution is 5.78. The maximum absolute atomic E-state index is 8.07. The summed E-state index contributed by atoms with van der Waals surface area (Å²) in [6, 6.07) is 76.2. The summed E-state index contributed by atoms with van der Waals surface area (Å²) in [6.45, 7) is 6.86. The Morgan fingerprint density at radius 3 is 0.865 bits per heavy atom. The number of hydrogen-bond acceptors (Lipinski definition) is 0. The van der Waals surface area contributed by atoms with Crippen LogP contribution in [-0.2, 0) is 28.2 Å². The first-order valence-electron chi connectivity index (χ1n) is 39.9. The second kappa shape index (κ2) is 30.3. The van der Waals surface area contributed by atoms with Crippen LogP contribution < -0.4 is 18.3 Å². The van der Waals surface area contributed by atoms with Crippen LogP contribution in [0.4, 0.5) is 0 Å². The van der Waals surface area contributed by atoms with Gasteiger partial charge >= 0.3 is 0 Å². The zero-order chi connectivity index (χ0) is 81.0. The Morgan fingerprint density at radius 1 is 0.208 bits per heavy atom. The van der Waals surface area contributed by atoms with Crippen molar-refractivity contribution in [3.05, 3.63) is 333 Å². The molecule has 0 aliphatic rings. The van der Waals surface area contributed by atoms with Gasteiger partial charge < -0.3 is 0 Å². The normalized spacial score (nSPS) is 13.8. The van der Waals surface area contributed by atoms with E-state index in [0.29, 0.717) is 33.4 Å². The van der Waals surface area contributed by atoms with Crippen molar-refractivity contribution in [2.24, 2.45) is 28.2 Å². The van der Waals surface area contributed by atoms with Crippen LogP contribution in [0, 0.1) is 96.6 Å². The molecule has 0 fully saturated rings. The Morgan fingerprint density at radius 2 is 0.500 bits per heavy atom. The van der Waals surface area contributed by atoms with E-state index in [1.165, 1.54) is 5.56 Å². The summed E-state index contributed by atoms with van der Waals surface area (Å²) >= 11 is 0. The molecule has 4 aromatic heterocycles. The van der Waals surface area contributed by atoms with Crippen molar-refractivity contribution in [2.45, 2.75) is 96.6 Å². The van der Waals surface area contributed by atoms with Crippen LogP contribution in [0.15, 0.2) is 255 Å². The number of benzene rings is 9. The maximum Gasteiger partial charge on any atom is 0.213 e. The van der Waals surface area contributed by atoms with Gasteiger partial charge in [-0.3, -0.25) is 0 Å². The van der Waals surface area contributed by atoms with Crippen molar-refractivity contribution in [3.63, 3.8) is 0 Å². The number of aryl methyl sites for hydroxylation is 17. The highest BCUT2D eigenvalue weighted by atomic mass is 14.9. The molecule has 0 N–H and O–H groups in total. The highest BCUT2D eigenvalue weighted by Crippen LogP contribution is 2.35. The van der Waals surface area contributed by atoms with Gasteiger partial charge in [0, 0.05) is 89.3 Å². The van der Waals surface area contributed by atoms with Crippen LogP contribution in [0.5, 0.6) is 0 Å². The maximum atomic E-state index is 8.07. The highest BCUT2D eigenvalue weighted by Gasteiger charge is 2.21. The van der Waals surface area contributed by atoms with E-state index in [1.54, 1.807) is 37.8 Å². The lowest BCUT2D eigenvalue weighted by molar-refractivity contribution is -0.660. The number of aromatic nitrogens is 4. The Labute approximate surface area is 594 Å². The average molecular weight is 1270 g/mol. The molecular formula is C92H96N4+4. The summed E-state index contributed by atoms with van der Waals surface area (Å²) in [4.78, 5) is 0. The van der Waals surface area contributed by atoms with Gasteiger partial charge in [0.2, 0.25) is 22.8 Å². The van der Waals surface area contributed by atoms with E-state index >= 15 is 0 Å². The SMILES string of the molecule is [2H]C([2H])([2H])c1c[n+](C)c(-c2ccccc2C)cc1-c1cc(C)c(C)c(C([2H])([2H])[2H])c1.[2H]C([2H])([2H])c1c[n+](C)c(-c2ccccc2C)cc1-c1ccc(-c2ccccc2)cc1.[2H]C([2H])([2H])c1c[n+](C)c(-c2ccccc2C)cc1-c1ccc(C)c(C)c1.[2H]C([2H])([2H])c1c[n+](C)c(-c2ccccc2C)cc1-c1ccc(C)cc1. The quantitative estimate of drug-likeness (QED) is 0.128. The molecule has 0 atom stereocenters. The zero-order valence-corrected chi connectivity index (χ0v) is 57.5. The lowest BCUT2D eigenvalue weighted by atomic mass is 9.93. The standard InChI is InChI=1S/C26H24N.C23H26N.C22H24N.C21H22N/c1-19-9-7-8-12-24(19)26-17-25(20(2)18-27(26)3)23-15-13-22(14-16-23)21-10-5-4-6-11-21;1-15-9-7-8-10-21(15)23-13-22(18(4)14-24(23)6)20-11-16(2)19(5)17(3)12-20;1-15-10-11-19(12-17(15)3)21-13-22(23(5)14-18(21)4)20-9-7-6-8-16(20)2;1-15-9-11-18(12-10-15)20-13-21(22(4)14-17(20)3)19-8-6-5-7-16(19)2/h4-18H,1-3H3;7-14H,1-6H3;6-14H,1-5H3;5-14H,1-4H3/q4*+1/i2D3;2D3,4D3;4D3;3D3. The van der Waals surface area contributed by atoms with Crippen molar-refractivity contribution in [2.75, 3.05) is 0 Å². The second-order valence-electron chi connectivity index (χ2n) is 25.2. The van der Waals surface area contributed by atoms with E-state index in [1.807, 2.05) is 219 Å². The molecule has 0 unspecified atom stereocenters. The summed E-state index contributed by atoms with van der Waals surface area (Å²) < 4.78 is 127. The zero-order valence-electron chi connectivity index (χ0n) is 72.5. The Balaban J connectivity index is 0.000000158. The Kier molecular flexibility index (Phi) is 16.1. The van der Waals surface area contributed by atoms with Gasteiger partial charge in [0.05, 0.1) is 0 Å². The van der Waals surface area contributed by atoms with Crippen LogP contribution in [0.1, 0.15) is 98.4 Å². The van der Waals surface area contributed by atoms with Crippen molar-refractivity contribution < 1.29 is 38.8 Å². The van der Waals surface area contributed by atoms with Crippen LogP contribution >= 0.6 is 0 Å². The lowest BCUT2D eigenvalue weighted by Gasteiger charge is -2.13. The third-order valence-corrected chi connectivity index (χ3v) is 18.2. The van der Waals surface area contributed by atoms with E-state index in [2.05, 4.69) is 107 Å². The topological polar surface area (TPSA) is 15.5 Å². The third-order valence-electron chi connectivity index (χ3n) is 18.2. The first kappa shape index (κ1) is 51.0. The smallest absolute Gasteiger partial charge is 0.201 e. The van der Waals surface area contributed by atoms with Crippen molar-refractivity contribution >= 4 is 0 Å². The Hall–Kier alpha value is -10.4. The lowest BCUT2D eigenvalue weighted by Crippen LogP contribution is -2.31. The number of pyridine rings is 4. The molecule has 13 rings (SSSR count). The van der Waals surface area contributed by atoms with E-state index < -0.39 is 34.3 Å². The van der Waals surface area contributed by atoms with Gasteiger partial charge in [-0.25, -0.2) is 18.3 Å². The fraction of sp³-hybridized carbons (Fsp3) is 0.196. The number of hydrogen-bond donors (Lipinski definition) is 0. The second-order valence-corrected chi connectivity index (χ2v) is 25.2. The molecule has 4 heteroatoms. The fourth-order valence-electron chi connectivity index (χ4n) is 12.2. The fourth-order valence-corrected chi connectivity index (χ4v) is 12.2. The van der Waals surface area contributed by atoms with E-state index in [9.17, 15) is 0 Å². The predicted molar refractivity (Wildman–Crippen MR) is 406 cm³/mol. The average Bonchev–Trinajstić information content (AvgIpc) is 0.616. The van der Waals surface area contributed by atoms with E-state index in [-0.39, 0.29) is 11.1 Å². The minimum absolute atomic E-state index is 0.196. The molecule has 4 nitrogen and oxygen atoms in total. The van der Waals surface area contributed by atoms with Crippen molar-refractivity contribution in [1.82, 2.24) is 0 Å². The molecule has 0 radical (unpaired) electrons. The molecule has 0 bridgehead atoms. The Bertz CT molecular complexity index is 5540. The molecule has 0 saturated heterocycles. The summed E-state index contributed by atoms with van der Waals surface area (Å²) in [5.41, 5.74) is 27.7. The molecule has 0 saturated carbocycles. The largest absolute Gasteiger partial charge is 0.213 e. The molecule has 0 aliphatic carbocycles. The number of rotatable bonds is 9. The summed E-state index contributed by atoms with van der Waals surface area (Å²) in [5.74, 6) is 0. The van der Waals surface area contributed by atoms with E-state index in [4.69, 9.17) is 20.6 Å². The van der Waals surface area contributed by atoms with Gasteiger partial charge in [-0.1, -0.05) is 188 Å². The molecule has 13 aromatic rings. The van der Waals surface area contributed by atoms with Gasteiger partial charge in [0.25, 0.3) is 0 Å². The van der Waals surface area contributed by atoms with Crippen molar-refractivity contribution in [3.8, 4) is 101 Å². The van der Waals surface area contributed by atoms with Crippen molar-refractivity contribution in [1.29, 1.82) is 0 Å². The molecular weight excluding hydrogens is 1160 g/mol. The monoisotopic (exact) mass is 1270 g/mol. The third kappa shape index (κ3) is 15.7.